The van der Waals surface area contributed by atoms with E-state index in [0.717, 1.165) is 0 Å². The fourth-order valence-electron chi connectivity index (χ4n) is 4.83. The average Bonchev–Trinajstić information content (AvgIpc) is 3.18. The van der Waals surface area contributed by atoms with Crippen LogP contribution < -0.4 is 10.2 Å². The Balaban J connectivity index is 1.51. The van der Waals surface area contributed by atoms with E-state index in [4.69, 9.17) is 9.47 Å². The maximum atomic E-state index is 13.3. The van der Waals surface area contributed by atoms with Crippen molar-refractivity contribution in [3.8, 4) is 17.2 Å². The smallest absolute Gasteiger partial charge is 0.410 e. The molecule has 1 aliphatic heterocycles. The molecule has 12 heteroatoms. The van der Waals surface area contributed by atoms with Gasteiger partial charge < -0.3 is 39.9 Å². The van der Waals surface area contributed by atoms with Crippen LogP contribution >= 0.6 is 0 Å². The number of carbonyl (C=O) groups is 4. The van der Waals surface area contributed by atoms with E-state index in [9.17, 15) is 34.5 Å². The van der Waals surface area contributed by atoms with Crippen LogP contribution in [-0.4, -0.2) is 82.0 Å². The van der Waals surface area contributed by atoms with Crippen molar-refractivity contribution in [1.29, 1.82) is 0 Å². The minimum atomic E-state index is -0.793. The van der Waals surface area contributed by atoms with Crippen molar-refractivity contribution in [3.63, 3.8) is 0 Å². The van der Waals surface area contributed by atoms with E-state index in [1.54, 1.807) is 20.8 Å². The number of anilines is 1. The molecular formula is C33H37N3O9. The summed E-state index contributed by atoms with van der Waals surface area (Å²) in [6, 6.07) is 14.9. The largest absolute Gasteiger partial charge is 0.508 e. The molecule has 1 aliphatic rings. The van der Waals surface area contributed by atoms with E-state index in [0.29, 0.717) is 25.1 Å². The standard InChI is InChI=1S/C33H37N3O9/c1-33(2,3)45-32(43)36-18-6-9-27(24(19-36)34-29(40)20-12-16-23(37)17-13-20)44-31(42)21-10-14-22(15-11-21)35(4)30(41)28-25(38)7-5-8-26(28)39/h5,7-8,10-17,24,27,37-39H,6,9,18-19H2,1-4H3,(H,34,40). The van der Waals surface area contributed by atoms with Crippen molar-refractivity contribution in [3.05, 3.63) is 83.4 Å². The van der Waals surface area contributed by atoms with E-state index in [2.05, 4.69) is 5.32 Å². The Kier molecular flexibility index (Phi) is 9.85. The number of nitrogens with zero attached hydrogens (tertiary/aromatic N) is 2. The highest BCUT2D eigenvalue weighted by Gasteiger charge is 2.35. The number of phenolic OH excluding ortho intramolecular Hbond substituents is 3. The summed E-state index contributed by atoms with van der Waals surface area (Å²) in [6.45, 7) is 5.63. The molecule has 1 saturated heterocycles. The highest BCUT2D eigenvalue weighted by Crippen LogP contribution is 2.29. The lowest BCUT2D eigenvalue weighted by molar-refractivity contribution is 0.0127. The van der Waals surface area contributed by atoms with Gasteiger partial charge in [-0.3, -0.25) is 9.59 Å². The van der Waals surface area contributed by atoms with Gasteiger partial charge in [-0.1, -0.05) is 6.07 Å². The number of hydrogen-bond acceptors (Lipinski definition) is 9. The maximum Gasteiger partial charge on any atom is 0.410 e. The summed E-state index contributed by atoms with van der Waals surface area (Å²) in [5, 5.41) is 32.6. The number of rotatable bonds is 6. The number of ether oxygens (including phenoxy) is 2. The van der Waals surface area contributed by atoms with Crippen molar-refractivity contribution in [2.45, 2.75) is 51.4 Å². The lowest BCUT2D eigenvalue weighted by Crippen LogP contribution is -2.51. The number of nitrogens with one attached hydrogen (secondary N) is 1. The van der Waals surface area contributed by atoms with Gasteiger partial charge in [0.1, 0.15) is 34.5 Å². The van der Waals surface area contributed by atoms with Gasteiger partial charge in [0.2, 0.25) is 0 Å². The van der Waals surface area contributed by atoms with Gasteiger partial charge in [0.15, 0.2) is 0 Å². The average molecular weight is 620 g/mol. The van der Waals surface area contributed by atoms with Crippen molar-refractivity contribution in [2.75, 3.05) is 25.0 Å². The number of carbonyl (C=O) groups excluding carboxylic acids is 4. The Morgan fingerprint density at radius 3 is 2.09 bits per heavy atom. The van der Waals surface area contributed by atoms with Gasteiger partial charge in [0.25, 0.3) is 11.8 Å². The third kappa shape index (κ3) is 8.22. The predicted molar refractivity (Wildman–Crippen MR) is 165 cm³/mol. The molecule has 1 fully saturated rings. The fourth-order valence-corrected chi connectivity index (χ4v) is 4.83. The van der Waals surface area contributed by atoms with Gasteiger partial charge in [-0.25, -0.2) is 9.59 Å². The number of benzene rings is 3. The number of likely N-dealkylation sites (tertiary alicyclic amines) is 1. The van der Waals surface area contributed by atoms with Crippen LogP contribution in [0.25, 0.3) is 0 Å². The second-order valence-electron chi connectivity index (χ2n) is 11.7. The van der Waals surface area contributed by atoms with Crippen molar-refractivity contribution >= 4 is 29.6 Å². The summed E-state index contributed by atoms with van der Waals surface area (Å²) in [4.78, 5) is 54.9. The highest BCUT2D eigenvalue weighted by atomic mass is 16.6. The minimum absolute atomic E-state index is 0.00172. The number of phenols is 3. The number of hydrogen-bond donors (Lipinski definition) is 4. The maximum absolute atomic E-state index is 13.3. The lowest BCUT2D eigenvalue weighted by Gasteiger charge is -2.30. The van der Waals surface area contributed by atoms with Crippen LogP contribution in [0, 0.1) is 0 Å². The Hall–Kier alpha value is -5.26. The molecule has 0 aromatic heterocycles. The van der Waals surface area contributed by atoms with Gasteiger partial charge in [-0.05, 0) is 94.3 Å². The van der Waals surface area contributed by atoms with Gasteiger partial charge in [0, 0.05) is 31.4 Å². The predicted octanol–water partition coefficient (Wildman–Crippen LogP) is 4.43. The second kappa shape index (κ2) is 13.6. The molecule has 3 aromatic rings. The third-order valence-corrected chi connectivity index (χ3v) is 7.17. The molecule has 1 heterocycles. The van der Waals surface area contributed by atoms with Crippen molar-refractivity contribution in [2.24, 2.45) is 0 Å². The zero-order valence-electron chi connectivity index (χ0n) is 25.5. The number of amides is 3. The van der Waals surface area contributed by atoms with Crippen LogP contribution in [-0.2, 0) is 9.47 Å². The summed E-state index contributed by atoms with van der Waals surface area (Å²) >= 11 is 0. The number of esters is 1. The Morgan fingerprint density at radius 1 is 0.889 bits per heavy atom. The molecule has 45 heavy (non-hydrogen) atoms. The molecule has 2 atom stereocenters. The molecule has 0 saturated carbocycles. The quantitative estimate of drug-likeness (QED) is 0.292. The SMILES string of the molecule is CN(C(=O)c1c(O)cccc1O)c1ccc(C(=O)OC2CCCN(C(=O)OC(C)(C)C)CC2NC(=O)c2ccc(O)cc2)cc1. The molecule has 0 spiro atoms. The van der Waals surface area contributed by atoms with Crippen LogP contribution in [0.5, 0.6) is 17.2 Å². The molecule has 3 amide bonds. The van der Waals surface area contributed by atoms with Crippen LogP contribution in [0.4, 0.5) is 10.5 Å². The van der Waals surface area contributed by atoms with Gasteiger partial charge in [-0.2, -0.15) is 0 Å². The first-order valence-electron chi connectivity index (χ1n) is 14.4. The first-order chi connectivity index (χ1) is 21.2. The highest BCUT2D eigenvalue weighted by molar-refractivity contribution is 6.09. The molecule has 4 rings (SSSR count). The van der Waals surface area contributed by atoms with E-state index < -0.39 is 41.6 Å². The fraction of sp³-hybridized carbons (Fsp3) is 0.333. The molecule has 238 valence electrons. The summed E-state index contributed by atoms with van der Waals surface area (Å²) in [6.07, 6.45) is -0.512. The zero-order chi connectivity index (χ0) is 32.9. The molecule has 0 aliphatic carbocycles. The van der Waals surface area contributed by atoms with Crippen molar-refractivity contribution < 1.29 is 44.0 Å². The molecule has 12 nitrogen and oxygen atoms in total. The molecule has 0 radical (unpaired) electrons. The monoisotopic (exact) mass is 619 g/mol. The summed E-state index contributed by atoms with van der Waals surface area (Å²) < 4.78 is 11.4. The summed E-state index contributed by atoms with van der Waals surface area (Å²) in [7, 11) is 1.46. The van der Waals surface area contributed by atoms with Gasteiger partial charge in [0.05, 0.1) is 11.6 Å². The van der Waals surface area contributed by atoms with Gasteiger partial charge in [-0.15, -0.1) is 0 Å². The number of aromatic hydroxyl groups is 3. The van der Waals surface area contributed by atoms with Crippen LogP contribution in [0.3, 0.4) is 0 Å². The van der Waals surface area contributed by atoms with Crippen LogP contribution in [0.15, 0.2) is 66.7 Å². The van der Waals surface area contributed by atoms with E-state index in [1.165, 1.54) is 83.6 Å². The summed E-state index contributed by atoms with van der Waals surface area (Å²) in [5.74, 6) is -2.53. The van der Waals surface area contributed by atoms with Crippen molar-refractivity contribution in [1.82, 2.24) is 10.2 Å². The zero-order valence-corrected chi connectivity index (χ0v) is 25.5. The Bertz CT molecular complexity index is 1530. The molecule has 3 aromatic carbocycles. The third-order valence-electron chi connectivity index (χ3n) is 7.17. The Morgan fingerprint density at radius 2 is 1.49 bits per heavy atom. The topological polar surface area (TPSA) is 166 Å². The first-order valence-corrected chi connectivity index (χ1v) is 14.4. The normalized spacial score (nSPS) is 16.7. The van der Waals surface area contributed by atoms with Crippen LogP contribution in [0.1, 0.15) is 64.7 Å². The second-order valence-corrected chi connectivity index (χ2v) is 11.7. The summed E-state index contributed by atoms with van der Waals surface area (Å²) in [5.41, 5.74) is -0.134. The van der Waals surface area contributed by atoms with Crippen LogP contribution in [0.2, 0.25) is 0 Å². The Labute approximate surface area is 260 Å². The molecule has 4 N–H and O–H groups in total. The minimum Gasteiger partial charge on any atom is -0.508 e. The molecule has 0 bridgehead atoms. The van der Waals surface area contributed by atoms with Gasteiger partial charge >= 0.3 is 12.1 Å². The van der Waals surface area contributed by atoms with E-state index >= 15 is 0 Å². The lowest BCUT2D eigenvalue weighted by atomic mass is 10.1. The van der Waals surface area contributed by atoms with E-state index in [1.807, 2.05) is 0 Å². The molecular weight excluding hydrogens is 582 g/mol. The van der Waals surface area contributed by atoms with E-state index in [-0.39, 0.29) is 40.5 Å². The first kappa shape index (κ1) is 32.6. The molecule has 2 unspecified atom stereocenters.